The molecule has 90 valence electrons. The highest BCUT2D eigenvalue weighted by atomic mass is 16.3. The Morgan fingerprint density at radius 1 is 1.50 bits per heavy atom. The lowest BCUT2D eigenvalue weighted by atomic mass is 10.0. The number of aromatic nitrogens is 1. The van der Waals surface area contributed by atoms with Crippen molar-refractivity contribution < 1.29 is 10.2 Å². The van der Waals surface area contributed by atoms with E-state index in [9.17, 15) is 10.2 Å². The number of anilines is 1. The molecule has 2 atom stereocenters. The summed E-state index contributed by atoms with van der Waals surface area (Å²) in [6, 6.07) is 1.73. The maximum atomic E-state index is 9.87. The van der Waals surface area contributed by atoms with Crippen LogP contribution < -0.4 is 11.1 Å². The Morgan fingerprint density at radius 2 is 2.19 bits per heavy atom. The van der Waals surface area contributed by atoms with Crippen molar-refractivity contribution in [3.05, 3.63) is 23.5 Å². The molecule has 16 heavy (non-hydrogen) atoms. The van der Waals surface area contributed by atoms with Gasteiger partial charge in [0.2, 0.25) is 0 Å². The fourth-order valence-corrected chi connectivity index (χ4v) is 1.48. The van der Waals surface area contributed by atoms with Crippen LogP contribution in [0.2, 0.25) is 0 Å². The first kappa shape index (κ1) is 12.9. The molecule has 0 bridgehead atoms. The highest BCUT2D eigenvalue weighted by molar-refractivity contribution is 5.45. The van der Waals surface area contributed by atoms with Gasteiger partial charge in [-0.15, -0.1) is 0 Å². The number of nitrogen functional groups attached to an aromatic ring is 1. The summed E-state index contributed by atoms with van der Waals surface area (Å²) in [6.45, 7) is 2.50. The van der Waals surface area contributed by atoms with Gasteiger partial charge < -0.3 is 21.3 Å². The summed E-state index contributed by atoms with van der Waals surface area (Å²) < 4.78 is 0. The van der Waals surface area contributed by atoms with Gasteiger partial charge in [-0.05, 0) is 38.6 Å². The van der Waals surface area contributed by atoms with Crippen LogP contribution in [0.15, 0.2) is 12.3 Å². The number of rotatable bonds is 5. The van der Waals surface area contributed by atoms with Crippen molar-refractivity contribution in [2.24, 2.45) is 0 Å². The maximum Gasteiger partial charge on any atom is 0.124 e. The zero-order valence-corrected chi connectivity index (χ0v) is 9.64. The predicted octanol–water partition coefficient (Wildman–Crippen LogP) is -0.0240. The van der Waals surface area contributed by atoms with Crippen LogP contribution in [0.4, 0.5) is 5.69 Å². The number of aliphatic hydroxyl groups excluding tert-OH is 2. The molecule has 1 rings (SSSR count). The van der Waals surface area contributed by atoms with E-state index in [1.807, 2.05) is 6.92 Å². The molecule has 0 saturated heterocycles. The van der Waals surface area contributed by atoms with E-state index in [-0.39, 0.29) is 0 Å². The molecule has 0 amide bonds. The molecule has 0 radical (unpaired) electrons. The van der Waals surface area contributed by atoms with Gasteiger partial charge in [0, 0.05) is 6.20 Å². The molecule has 5 heteroatoms. The monoisotopic (exact) mass is 225 g/mol. The van der Waals surface area contributed by atoms with Crippen LogP contribution in [0.3, 0.4) is 0 Å². The zero-order valence-electron chi connectivity index (χ0n) is 9.64. The molecule has 5 N–H and O–H groups in total. The Labute approximate surface area is 95.3 Å². The van der Waals surface area contributed by atoms with Crippen molar-refractivity contribution >= 4 is 5.69 Å². The van der Waals surface area contributed by atoms with E-state index in [1.54, 1.807) is 19.3 Å². The first-order valence-electron chi connectivity index (χ1n) is 5.29. The third kappa shape index (κ3) is 3.16. The molecule has 0 aliphatic rings. The van der Waals surface area contributed by atoms with Gasteiger partial charge in [-0.1, -0.05) is 0 Å². The normalized spacial score (nSPS) is 14.8. The smallest absolute Gasteiger partial charge is 0.124 e. The van der Waals surface area contributed by atoms with Crippen molar-refractivity contribution in [1.29, 1.82) is 0 Å². The van der Waals surface area contributed by atoms with Gasteiger partial charge in [0.15, 0.2) is 0 Å². The largest absolute Gasteiger partial charge is 0.397 e. The van der Waals surface area contributed by atoms with E-state index in [0.29, 0.717) is 24.3 Å². The Hall–Kier alpha value is -1.17. The summed E-state index contributed by atoms with van der Waals surface area (Å²) in [5.74, 6) is 0. The third-order valence-electron chi connectivity index (χ3n) is 2.42. The van der Waals surface area contributed by atoms with Crippen molar-refractivity contribution in [2.45, 2.75) is 25.6 Å². The highest BCUT2D eigenvalue weighted by Crippen LogP contribution is 2.22. The van der Waals surface area contributed by atoms with Crippen LogP contribution in [0.5, 0.6) is 0 Å². The topological polar surface area (TPSA) is 91.4 Å². The minimum absolute atomic E-state index is 0.342. The lowest BCUT2D eigenvalue weighted by Crippen LogP contribution is -2.24. The Morgan fingerprint density at radius 3 is 2.75 bits per heavy atom. The summed E-state index contributed by atoms with van der Waals surface area (Å²) >= 11 is 0. The van der Waals surface area contributed by atoms with Crippen LogP contribution in [-0.2, 0) is 0 Å². The van der Waals surface area contributed by atoms with E-state index in [2.05, 4.69) is 10.3 Å². The summed E-state index contributed by atoms with van der Waals surface area (Å²) in [4.78, 5) is 4.05. The maximum absolute atomic E-state index is 9.87. The van der Waals surface area contributed by atoms with E-state index < -0.39 is 12.2 Å². The van der Waals surface area contributed by atoms with Gasteiger partial charge in [-0.2, -0.15) is 0 Å². The molecule has 1 aromatic heterocycles. The highest BCUT2D eigenvalue weighted by Gasteiger charge is 2.21. The molecular weight excluding hydrogens is 206 g/mol. The van der Waals surface area contributed by atoms with Crippen LogP contribution >= 0.6 is 0 Å². The van der Waals surface area contributed by atoms with Gasteiger partial charge in [-0.3, -0.25) is 4.98 Å². The van der Waals surface area contributed by atoms with Crippen molar-refractivity contribution in [2.75, 3.05) is 19.3 Å². The molecule has 1 heterocycles. The van der Waals surface area contributed by atoms with Crippen LogP contribution in [0.1, 0.15) is 23.8 Å². The fraction of sp³-hybridized carbons (Fsp3) is 0.545. The van der Waals surface area contributed by atoms with Gasteiger partial charge in [-0.25, -0.2) is 0 Å². The molecule has 0 spiro atoms. The number of hydrogen-bond acceptors (Lipinski definition) is 5. The van der Waals surface area contributed by atoms with Gasteiger partial charge >= 0.3 is 0 Å². The summed E-state index contributed by atoms with van der Waals surface area (Å²) in [6.07, 6.45) is 0.186. The van der Waals surface area contributed by atoms with E-state index in [1.165, 1.54) is 0 Å². The minimum atomic E-state index is -1.03. The Kier molecular flexibility index (Phi) is 4.67. The van der Waals surface area contributed by atoms with Crippen molar-refractivity contribution in [1.82, 2.24) is 10.3 Å². The number of aryl methyl sites for hydroxylation is 1. The first-order valence-corrected chi connectivity index (χ1v) is 5.29. The molecule has 2 unspecified atom stereocenters. The number of aliphatic hydroxyl groups is 2. The van der Waals surface area contributed by atoms with Gasteiger partial charge in [0.25, 0.3) is 0 Å². The second-order valence-electron chi connectivity index (χ2n) is 3.89. The standard InChI is InChI=1S/C11H19N3O2/c1-7-5-8(12)10(14-6-7)11(16)9(15)3-4-13-2/h5-6,9,11,13,15-16H,3-4,12H2,1-2H3. The second-order valence-corrected chi connectivity index (χ2v) is 3.89. The van der Waals surface area contributed by atoms with Crippen LogP contribution in [0, 0.1) is 6.92 Å². The molecule has 0 aliphatic carbocycles. The molecule has 0 saturated carbocycles. The van der Waals surface area contributed by atoms with E-state index in [0.717, 1.165) is 5.56 Å². The number of nitrogens with two attached hydrogens (primary N) is 1. The zero-order chi connectivity index (χ0) is 12.1. The molecule has 0 fully saturated rings. The summed E-state index contributed by atoms with van der Waals surface area (Å²) in [5, 5.41) is 22.5. The van der Waals surface area contributed by atoms with Crippen molar-refractivity contribution in [3.63, 3.8) is 0 Å². The molecule has 5 nitrogen and oxygen atoms in total. The second kappa shape index (κ2) is 5.79. The lowest BCUT2D eigenvalue weighted by Gasteiger charge is -2.18. The molecule has 0 aliphatic heterocycles. The molecule has 0 aromatic carbocycles. The third-order valence-corrected chi connectivity index (χ3v) is 2.42. The summed E-state index contributed by atoms with van der Waals surface area (Å²) in [5.41, 5.74) is 7.42. The predicted molar refractivity (Wildman–Crippen MR) is 62.9 cm³/mol. The van der Waals surface area contributed by atoms with Crippen LogP contribution in [-0.4, -0.2) is 34.9 Å². The minimum Gasteiger partial charge on any atom is -0.397 e. The number of pyridine rings is 1. The van der Waals surface area contributed by atoms with Crippen LogP contribution in [0.25, 0.3) is 0 Å². The Bertz CT molecular complexity index is 344. The molecule has 1 aromatic rings. The van der Waals surface area contributed by atoms with Crippen molar-refractivity contribution in [3.8, 4) is 0 Å². The fourth-order valence-electron chi connectivity index (χ4n) is 1.48. The summed E-state index contributed by atoms with van der Waals surface area (Å²) in [7, 11) is 1.79. The number of nitrogens with one attached hydrogen (secondary N) is 1. The number of nitrogens with zero attached hydrogens (tertiary/aromatic N) is 1. The number of hydrogen-bond donors (Lipinski definition) is 4. The SMILES string of the molecule is CNCCC(O)C(O)c1ncc(C)cc1N. The van der Waals surface area contributed by atoms with Gasteiger partial charge in [0.05, 0.1) is 17.5 Å². The first-order chi connectivity index (χ1) is 7.56. The molecular formula is C11H19N3O2. The van der Waals surface area contributed by atoms with Gasteiger partial charge in [0.1, 0.15) is 6.10 Å². The van der Waals surface area contributed by atoms with E-state index >= 15 is 0 Å². The average Bonchev–Trinajstić information content (AvgIpc) is 2.25. The Balaban J connectivity index is 2.75. The van der Waals surface area contributed by atoms with E-state index in [4.69, 9.17) is 5.73 Å². The average molecular weight is 225 g/mol. The lowest BCUT2D eigenvalue weighted by molar-refractivity contribution is 0.0120. The quantitative estimate of drug-likeness (QED) is 0.565.